The molecule has 7 nitrogen and oxygen atoms in total. The van der Waals surface area contributed by atoms with Gasteiger partial charge in [0.15, 0.2) is 63.9 Å². The first-order chi connectivity index (χ1) is 43.4. The van der Waals surface area contributed by atoms with Crippen molar-refractivity contribution in [1.82, 2.24) is 0 Å². The van der Waals surface area contributed by atoms with E-state index in [1.807, 2.05) is 12.1 Å². The Balaban J connectivity index is 0.000000303. The third-order valence-electron chi connectivity index (χ3n) is 12.7. The van der Waals surface area contributed by atoms with E-state index < -0.39 is 31.3 Å². The Labute approximate surface area is 580 Å². The van der Waals surface area contributed by atoms with Crippen molar-refractivity contribution in [2.24, 2.45) is 0 Å². The normalized spacial score (nSPS) is 11.3. The molecule has 0 saturated heterocycles. The first kappa shape index (κ1) is 81.8. The molecule has 19 heteroatoms. The highest BCUT2D eigenvalue weighted by Crippen LogP contribution is 2.33. The molecule has 0 atom stereocenters. The molecule has 10 rings (SSSR count). The summed E-state index contributed by atoms with van der Waals surface area (Å²) in [5, 5.41) is 0. The molecule has 0 bridgehead atoms. The minimum absolute atomic E-state index is 0. The summed E-state index contributed by atoms with van der Waals surface area (Å²) < 4.78 is 129. The Morgan fingerprint density at radius 2 is 0.564 bits per heavy atom. The molecule has 0 N–H and O–H groups in total. The largest absolute Gasteiger partial charge is 0.741 e. The predicted molar refractivity (Wildman–Crippen MR) is 362 cm³/mol. The molecule has 0 aliphatic heterocycles. The van der Waals surface area contributed by atoms with Gasteiger partial charge in [-0.15, -0.1) is 0 Å². The second kappa shape index (κ2) is 38.9. The Hall–Kier alpha value is -6.44. The van der Waals surface area contributed by atoms with Crippen LogP contribution in [0.5, 0.6) is 5.75 Å². The van der Waals surface area contributed by atoms with Crippen LogP contribution in [0.1, 0.15) is 80.0 Å². The minimum atomic E-state index is -6.09. The lowest BCUT2D eigenvalue weighted by atomic mass is 9.87. The quantitative estimate of drug-likeness (QED) is 0.0392. The van der Waals surface area contributed by atoms with Gasteiger partial charge in [0.25, 0.3) is 0 Å². The van der Waals surface area contributed by atoms with E-state index in [0.29, 0.717) is 0 Å². The summed E-state index contributed by atoms with van der Waals surface area (Å²) in [6.45, 7) is 15.8. The van der Waals surface area contributed by atoms with Gasteiger partial charge in [0, 0.05) is 0 Å². The molecule has 0 spiro atoms. The number of aryl methyl sites for hydroxylation is 1. The molecule has 0 aliphatic carbocycles. The molecule has 10 aromatic carbocycles. The first-order valence-electron chi connectivity index (χ1n) is 28.4. The van der Waals surface area contributed by atoms with Crippen molar-refractivity contribution >= 4 is 42.0 Å². The molecule has 0 aliphatic rings. The molecule has 0 fully saturated rings. The van der Waals surface area contributed by atoms with Crippen molar-refractivity contribution < 1.29 is 99.4 Å². The number of methoxy groups -OCH3 is 1. The van der Waals surface area contributed by atoms with Crippen LogP contribution in [-0.2, 0) is 59.3 Å². The third kappa shape index (κ3) is 28.1. The zero-order valence-corrected chi connectivity index (χ0v) is 59.4. The molecule has 0 saturated carbocycles. The van der Waals surface area contributed by atoms with Crippen LogP contribution in [0.4, 0.5) is 26.3 Å². The second-order valence-electron chi connectivity index (χ2n) is 21.6. The number of rotatable bonds is 12. The zero-order chi connectivity index (χ0) is 67.6. The van der Waals surface area contributed by atoms with Crippen molar-refractivity contribution in [3.8, 4) is 5.75 Å². The van der Waals surface area contributed by atoms with Crippen LogP contribution in [0.25, 0.3) is 0 Å². The van der Waals surface area contributed by atoms with Crippen LogP contribution >= 0.6 is 0 Å². The summed E-state index contributed by atoms with van der Waals surface area (Å²) in [7, 11) is -10.5. The van der Waals surface area contributed by atoms with Gasteiger partial charge in [-0.1, -0.05) is 209 Å². The molecule has 0 aromatic heterocycles. The lowest BCUT2D eigenvalue weighted by Gasteiger charge is -2.18. The van der Waals surface area contributed by atoms with Gasteiger partial charge in [-0.2, -0.15) is 26.3 Å². The van der Waals surface area contributed by atoms with Gasteiger partial charge >= 0.3 is 53.4 Å². The number of benzene rings is 10. The van der Waals surface area contributed by atoms with Crippen molar-refractivity contribution in [2.75, 3.05) is 7.11 Å². The Morgan fingerprint density at radius 1 is 0.351 bits per heavy atom. The van der Waals surface area contributed by atoms with Crippen molar-refractivity contribution in [2.45, 2.75) is 121 Å². The van der Waals surface area contributed by atoms with Crippen LogP contribution in [0.3, 0.4) is 0 Å². The van der Waals surface area contributed by atoms with Gasteiger partial charge in [0.2, 0.25) is 0 Å². The Morgan fingerprint density at radius 3 is 0.777 bits per heavy atom. The minimum Gasteiger partial charge on any atom is -0.741 e. The lowest BCUT2D eigenvalue weighted by Crippen LogP contribution is -3.61. The van der Waals surface area contributed by atoms with E-state index in [0.717, 1.165) is 12.2 Å². The fourth-order valence-electron chi connectivity index (χ4n) is 7.85. The zero-order valence-electron chi connectivity index (χ0n) is 51.8. The first-order valence-corrected chi connectivity index (χ1v) is 38.0. The number of ether oxygens (including phenoxy) is 1. The number of hydrogen-bond donors (Lipinski definition) is 0. The maximum Gasteiger partial charge on any atom is 0.485 e. The van der Waals surface area contributed by atoms with Crippen LogP contribution < -0.4 is 47.1 Å². The smallest absolute Gasteiger partial charge is 0.485 e. The van der Waals surface area contributed by atoms with Crippen molar-refractivity contribution in [1.29, 1.82) is 0 Å². The second-order valence-corrected chi connectivity index (χ2v) is 34.5. The monoisotopic (exact) mass is 1590 g/mol. The van der Waals surface area contributed by atoms with Crippen LogP contribution in [0, 0.1) is 14.3 Å². The van der Waals surface area contributed by atoms with E-state index in [9.17, 15) is 26.3 Å². The molecule has 94 heavy (non-hydrogen) atoms. The maximum atomic E-state index is 10.7. The van der Waals surface area contributed by atoms with Crippen molar-refractivity contribution in [3.05, 3.63) is 310 Å². The molecule has 0 heterocycles. The number of alkyl halides is 6. The van der Waals surface area contributed by atoms with E-state index in [4.69, 9.17) is 30.7 Å². The predicted octanol–water partition coefficient (Wildman–Crippen LogP) is 13.7. The van der Waals surface area contributed by atoms with E-state index in [-0.39, 0.29) is 89.9 Å². The van der Waals surface area contributed by atoms with E-state index in [1.54, 1.807) is 7.11 Å². The SMILES string of the molecule is C.C.CC(C)(C)c1ccc([I+]c2ccc(C(C)(C)C)cc2)cc1.CCc1ccc([S+](c2ccccc2)c2ccccc2)cc1.COc1ccc([I+]c2ccccc2)cc1.O=S(=O)([O-])C(F)(F)F.O=S(=O)([O-])C(F)(F)F.c1ccc([S+](c2ccccc2)c2ccccc2)cc1. The highest BCUT2D eigenvalue weighted by molar-refractivity contribution is 7.97. The van der Waals surface area contributed by atoms with E-state index in [2.05, 4.69) is 315 Å². The molecular formula is C75H80F6I2O7S4+2. The van der Waals surface area contributed by atoms with Gasteiger partial charge in [0.05, 0.1) is 28.9 Å². The van der Waals surface area contributed by atoms with Gasteiger partial charge in [-0.05, 0) is 167 Å². The molecule has 0 amide bonds. The maximum absolute atomic E-state index is 10.7. The van der Waals surface area contributed by atoms with Crippen LogP contribution in [-0.4, -0.2) is 44.1 Å². The average Bonchev–Trinajstić information content (AvgIpc) is 0.858. The Bertz CT molecular complexity index is 3720. The third-order valence-corrected chi connectivity index (χ3v) is 23.6. The van der Waals surface area contributed by atoms with Gasteiger partial charge in [-0.3, -0.25) is 0 Å². The van der Waals surface area contributed by atoms with Crippen LogP contribution in [0.15, 0.2) is 308 Å². The standard InChI is InChI=1S/C20H26I.C20H19S.C18H15S.C13H12IO.2CHF3O3S.2CH4/c1-19(2,3)15-7-11-17(12-8-15)21-18-13-9-16(10-14-18)20(4,5)6;1-2-17-13-15-20(16-14-17)21(18-9-5-3-6-10-18)19-11-7-4-8-12-19;1-4-10-16(11-5-1)19(17-12-6-2-7-13-17)18-14-8-3-9-15-18;1-15-13-9-7-12(8-10-13)14-11-5-3-2-4-6-11;2*2-1(3,4)8(5,6)7;;/h7-14H,1-6H3;3-16H,2H2,1H3;1-15H;2-10H,1H3;2*(H,5,6,7);2*1H4/q4*+1;;;;/p-2. The molecule has 500 valence electrons. The summed E-state index contributed by atoms with van der Waals surface area (Å²) in [5.41, 5.74) is -6.59. The van der Waals surface area contributed by atoms with Gasteiger partial charge in [-0.25, -0.2) is 16.8 Å². The Kier molecular flexibility index (Phi) is 33.9. The summed E-state index contributed by atoms with van der Waals surface area (Å²) >= 11 is -0.115. The van der Waals surface area contributed by atoms with Crippen LogP contribution in [0.2, 0.25) is 0 Å². The number of halogens is 8. The molecule has 0 radical (unpaired) electrons. The summed E-state index contributed by atoms with van der Waals surface area (Å²) in [5.74, 6) is 0.927. The van der Waals surface area contributed by atoms with Gasteiger partial charge < -0.3 is 13.8 Å². The molecule has 10 aromatic rings. The highest BCUT2D eigenvalue weighted by Gasteiger charge is 2.38. The van der Waals surface area contributed by atoms with E-state index in [1.165, 1.54) is 60.3 Å². The average molecular weight is 1590 g/mol. The summed E-state index contributed by atoms with van der Waals surface area (Å²) in [4.78, 5) is 8.20. The number of hydrogen-bond acceptors (Lipinski definition) is 7. The van der Waals surface area contributed by atoms with Crippen molar-refractivity contribution in [3.63, 3.8) is 0 Å². The van der Waals surface area contributed by atoms with E-state index >= 15 is 0 Å². The fourth-order valence-corrected chi connectivity index (χ4v) is 16.4. The topological polar surface area (TPSA) is 124 Å². The fraction of sp³-hybridized carbons (Fsp3) is 0.200. The summed E-state index contributed by atoms with van der Waals surface area (Å²) in [6, 6.07) is 100. The lowest BCUT2D eigenvalue weighted by molar-refractivity contribution is -0.597. The molecule has 0 unspecified atom stereocenters. The molecular weight excluding hydrogens is 1510 g/mol. The van der Waals surface area contributed by atoms with Gasteiger partial charge in [0.1, 0.15) is 5.75 Å². The highest BCUT2D eigenvalue weighted by atomic mass is 127. The summed E-state index contributed by atoms with van der Waals surface area (Å²) in [6.07, 6.45) is 1.09.